The van der Waals surface area contributed by atoms with Gasteiger partial charge in [-0.05, 0) is 17.4 Å². The van der Waals surface area contributed by atoms with Crippen molar-refractivity contribution >= 4 is 3.21 Å². The molecule has 0 amide bonds. The van der Waals surface area contributed by atoms with Crippen molar-refractivity contribution in [3.05, 3.63) is 159 Å². The SMILES string of the molecule is CC(C)(C)c1c[c-]c2c(c1)-c1cc(C(C)(C)C)ccc1C2.CCc1cc(C(C)(C)C)c(CC)[cH-]1.[Cl-].[Cl-].[Zr+2]=[C](c1ccccc1)c1ccccc1. The third kappa shape index (κ3) is 11.3. The second-order valence-corrected chi connectivity index (χ2v) is 17.4. The fourth-order valence-electron chi connectivity index (χ4n) is 6.18. The molecular formula is C47H56Cl2Zr-2. The summed E-state index contributed by atoms with van der Waals surface area (Å²) in [5.74, 6) is 0. The molecule has 0 saturated heterocycles. The van der Waals surface area contributed by atoms with E-state index in [9.17, 15) is 0 Å². The topological polar surface area (TPSA) is 0 Å². The van der Waals surface area contributed by atoms with Crippen LogP contribution in [0.4, 0.5) is 0 Å². The number of rotatable bonds is 4. The molecule has 0 fully saturated rings. The molecule has 0 nitrogen and oxygen atoms in total. The van der Waals surface area contributed by atoms with E-state index in [0.29, 0.717) is 5.41 Å². The van der Waals surface area contributed by atoms with Crippen LogP contribution >= 0.6 is 0 Å². The summed E-state index contributed by atoms with van der Waals surface area (Å²) < 4.78 is 1.42. The summed E-state index contributed by atoms with van der Waals surface area (Å²) in [6.07, 6.45) is 3.34. The first-order chi connectivity index (χ1) is 22.5. The average Bonchev–Trinajstić information content (AvgIpc) is 3.66. The van der Waals surface area contributed by atoms with Crippen LogP contribution in [0.3, 0.4) is 0 Å². The number of fused-ring (bicyclic) bond motifs is 3. The van der Waals surface area contributed by atoms with Crippen molar-refractivity contribution in [1.82, 2.24) is 0 Å². The quantitative estimate of drug-likeness (QED) is 0.185. The molecule has 0 saturated carbocycles. The molecule has 5 aromatic carbocycles. The zero-order valence-corrected chi connectivity index (χ0v) is 36.2. The summed E-state index contributed by atoms with van der Waals surface area (Å²) in [4.78, 5) is 0. The van der Waals surface area contributed by atoms with E-state index in [2.05, 4.69) is 185 Å². The molecule has 0 atom stereocenters. The third-order valence-electron chi connectivity index (χ3n) is 9.28. The summed E-state index contributed by atoms with van der Waals surface area (Å²) in [6.45, 7) is 25.0. The number of hydrogen-bond donors (Lipinski definition) is 0. The summed E-state index contributed by atoms with van der Waals surface area (Å²) in [5, 5.41) is 0. The van der Waals surface area contributed by atoms with Gasteiger partial charge in [0, 0.05) is 0 Å². The Morgan fingerprint density at radius 3 is 1.60 bits per heavy atom. The second kappa shape index (κ2) is 18.4. The van der Waals surface area contributed by atoms with Crippen LogP contribution in [0.25, 0.3) is 11.1 Å². The van der Waals surface area contributed by atoms with Gasteiger partial charge in [-0.25, -0.2) is 6.07 Å². The predicted octanol–water partition coefficient (Wildman–Crippen LogP) is 6.29. The van der Waals surface area contributed by atoms with E-state index in [0.717, 1.165) is 19.3 Å². The van der Waals surface area contributed by atoms with Crippen LogP contribution in [0.15, 0.2) is 103 Å². The van der Waals surface area contributed by atoms with Crippen LogP contribution in [0.1, 0.15) is 126 Å². The molecule has 0 radical (unpaired) electrons. The Balaban J connectivity index is 0.000000265. The van der Waals surface area contributed by atoms with Gasteiger partial charge in [0.15, 0.2) is 0 Å². The molecular weight excluding hydrogens is 727 g/mol. The molecule has 0 N–H and O–H groups in total. The van der Waals surface area contributed by atoms with Gasteiger partial charge < -0.3 is 24.8 Å². The molecule has 6 rings (SSSR count). The van der Waals surface area contributed by atoms with Gasteiger partial charge in [-0.2, -0.15) is 52.1 Å². The van der Waals surface area contributed by atoms with Crippen molar-refractivity contribution < 1.29 is 49.0 Å². The Hall–Kier alpha value is -2.44. The van der Waals surface area contributed by atoms with Crippen LogP contribution in [0.5, 0.6) is 0 Å². The first kappa shape index (κ1) is 43.7. The summed E-state index contributed by atoms with van der Waals surface area (Å²) in [6, 6.07) is 40.9. The fraction of sp³-hybridized carbons (Fsp3) is 0.362. The van der Waals surface area contributed by atoms with Gasteiger partial charge in [0.05, 0.1) is 0 Å². The van der Waals surface area contributed by atoms with Crippen LogP contribution in [-0.4, -0.2) is 3.21 Å². The first-order valence-corrected chi connectivity index (χ1v) is 18.9. The molecule has 1 aliphatic rings. The van der Waals surface area contributed by atoms with Crippen LogP contribution in [0, 0.1) is 6.07 Å². The van der Waals surface area contributed by atoms with E-state index in [1.807, 2.05) is 0 Å². The maximum atomic E-state index is 3.53. The number of aryl methyl sites for hydroxylation is 2. The maximum absolute atomic E-state index is 3.53. The second-order valence-electron chi connectivity index (χ2n) is 16.2. The number of benzene rings is 4. The normalized spacial score (nSPS) is 11.8. The number of halogens is 2. The van der Waals surface area contributed by atoms with Gasteiger partial charge in [0.25, 0.3) is 0 Å². The molecule has 50 heavy (non-hydrogen) atoms. The van der Waals surface area contributed by atoms with Gasteiger partial charge >= 0.3 is 99.2 Å². The van der Waals surface area contributed by atoms with E-state index in [4.69, 9.17) is 0 Å². The molecule has 0 spiro atoms. The van der Waals surface area contributed by atoms with Crippen LogP contribution < -0.4 is 24.8 Å². The minimum atomic E-state index is 0. The molecule has 0 heterocycles. The Morgan fingerprint density at radius 2 is 1.16 bits per heavy atom. The Morgan fingerprint density at radius 1 is 0.640 bits per heavy atom. The Bertz CT molecular complexity index is 1700. The van der Waals surface area contributed by atoms with E-state index < -0.39 is 0 Å². The van der Waals surface area contributed by atoms with Gasteiger partial charge in [0.2, 0.25) is 0 Å². The average molecular weight is 783 g/mol. The first-order valence-electron chi connectivity index (χ1n) is 17.7. The van der Waals surface area contributed by atoms with Crippen molar-refractivity contribution in [3.8, 4) is 11.1 Å². The van der Waals surface area contributed by atoms with Crippen molar-refractivity contribution in [2.75, 3.05) is 0 Å². The summed E-state index contributed by atoms with van der Waals surface area (Å²) in [7, 11) is 0. The summed E-state index contributed by atoms with van der Waals surface area (Å²) in [5.41, 5.74) is 16.3. The molecule has 0 aliphatic heterocycles. The molecule has 0 bridgehead atoms. The zero-order valence-electron chi connectivity index (χ0n) is 32.2. The molecule has 3 heteroatoms. The monoisotopic (exact) mass is 780 g/mol. The van der Waals surface area contributed by atoms with E-state index in [-0.39, 0.29) is 35.6 Å². The van der Waals surface area contributed by atoms with Gasteiger partial charge in [-0.15, -0.1) is 5.56 Å². The van der Waals surface area contributed by atoms with Crippen molar-refractivity contribution in [3.63, 3.8) is 0 Å². The Labute approximate surface area is 332 Å². The molecule has 264 valence electrons. The van der Waals surface area contributed by atoms with Crippen molar-refractivity contribution in [2.45, 2.75) is 112 Å². The minimum absolute atomic E-state index is 0. The molecule has 1 aliphatic carbocycles. The van der Waals surface area contributed by atoms with Gasteiger partial charge in [-0.3, -0.25) is 0 Å². The van der Waals surface area contributed by atoms with E-state index >= 15 is 0 Å². The summed E-state index contributed by atoms with van der Waals surface area (Å²) >= 11 is 1.46. The van der Waals surface area contributed by atoms with Crippen molar-refractivity contribution in [1.29, 1.82) is 0 Å². The van der Waals surface area contributed by atoms with Crippen LogP contribution in [-0.2, 0) is 59.7 Å². The zero-order chi connectivity index (χ0) is 35.3. The predicted molar refractivity (Wildman–Crippen MR) is 207 cm³/mol. The van der Waals surface area contributed by atoms with Crippen molar-refractivity contribution in [2.24, 2.45) is 0 Å². The molecule has 0 unspecified atom stereocenters. The van der Waals surface area contributed by atoms with E-state index in [1.54, 1.807) is 0 Å². The van der Waals surface area contributed by atoms with Crippen LogP contribution in [0.2, 0.25) is 0 Å². The van der Waals surface area contributed by atoms with E-state index in [1.165, 1.54) is 88.6 Å². The molecule has 5 aromatic rings. The Kier molecular flexibility index (Phi) is 16.1. The fourth-order valence-corrected chi connectivity index (χ4v) is 7.00. The van der Waals surface area contributed by atoms with Gasteiger partial charge in [-0.1, -0.05) is 129 Å². The molecule has 0 aromatic heterocycles. The number of hydrogen-bond acceptors (Lipinski definition) is 0. The van der Waals surface area contributed by atoms with Gasteiger partial charge in [0.1, 0.15) is 0 Å². The standard InChI is InChI=1S/C21H25.C13H10.C13H21.2ClH.Zr/c1-20(2,3)16-9-7-14-11-15-8-10-17(21(4,5)6)13-19(15)18(14)12-16;1-3-7-12(8-4-1)11-13-9-5-2-6-10-13;1-6-10-8-11(7-2)12(9-10)13(3,4)5;;;/h7,9-10,12-13H,11H2,1-6H3;1-10H;8-9H,6-7H2,1-5H3;2*1H;/q-1;;-1;;;+2/p-2. The third-order valence-corrected chi connectivity index (χ3v) is 10.7.